The van der Waals surface area contributed by atoms with Crippen LogP contribution in [0.1, 0.15) is 17.0 Å². The van der Waals surface area contributed by atoms with Gasteiger partial charge in [0, 0.05) is 4.90 Å². The van der Waals surface area contributed by atoms with Gasteiger partial charge in [0.15, 0.2) is 0 Å². The molecule has 7 heteroatoms. The first-order chi connectivity index (χ1) is 12.1. The number of nitrogens with zero attached hydrogens (tertiary/aromatic N) is 2. The molecule has 1 N–H and O–H groups in total. The van der Waals surface area contributed by atoms with Crippen LogP contribution >= 0.6 is 11.8 Å². The Morgan fingerprint density at radius 2 is 1.84 bits per heavy atom. The average molecular weight is 357 g/mol. The van der Waals surface area contributed by atoms with Crippen molar-refractivity contribution < 1.29 is 13.6 Å². The quantitative estimate of drug-likeness (QED) is 0.679. The van der Waals surface area contributed by atoms with E-state index >= 15 is 0 Å². The highest BCUT2D eigenvalue weighted by Gasteiger charge is 2.11. The molecule has 0 aliphatic heterocycles. The molecule has 0 fully saturated rings. The van der Waals surface area contributed by atoms with Crippen molar-refractivity contribution in [2.24, 2.45) is 0 Å². The molecule has 5 nitrogen and oxygen atoms in total. The van der Waals surface area contributed by atoms with E-state index < -0.39 is 0 Å². The van der Waals surface area contributed by atoms with Gasteiger partial charge in [-0.15, -0.1) is 16.9 Å². The summed E-state index contributed by atoms with van der Waals surface area (Å²) in [5.41, 5.74) is 2.02. The van der Waals surface area contributed by atoms with E-state index in [-0.39, 0.29) is 23.5 Å². The van der Waals surface area contributed by atoms with Crippen molar-refractivity contribution in [1.29, 1.82) is 0 Å². The molecular formula is C18H16FN3O2S. The van der Waals surface area contributed by atoms with Gasteiger partial charge in [-0.3, -0.25) is 10.1 Å². The lowest BCUT2D eigenvalue weighted by atomic mass is 10.1. The van der Waals surface area contributed by atoms with Crippen LogP contribution in [-0.2, 0) is 11.2 Å². The van der Waals surface area contributed by atoms with E-state index in [1.165, 1.54) is 29.5 Å². The first kappa shape index (κ1) is 17.2. The fourth-order valence-corrected chi connectivity index (χ4v) is 2.79. The van der Waals surface area contributed by atoms with E-state index in [0.29, 0.717) is 12.3 Å². The summed E-state index contributed by atoms with van der Waals surface area (Å²) in [6.45, 7) is 2.01. The predicted molar refractivity (Wildman–Crippen MR) is 94.0 cm³/mol. The Kier molecular flexibility index (Phi) is 5.45. The van der Waals surface area contributed by atoms with Crippen molar-refractivity contribution in [1.82, 2.24) is 10.2 Å². The first-order valence-corrected chi connectivity index (χ1v) is 8.63. The maximum Gasteiger partial charge on any atom is 0.322 e. The topological polar surface area (TPSA) is 68.0 Å². The lowest BCUT2D eigenvalue weighted by Crippen LogP contribution is -2.14. The zero-order chi connectivity index (χ0) is 17.6. The van der Waals surface area contributed by atoms with Crippen LogP contribution in [-0.4, -0.2) is 21.9 Å². The summed E-state index contributed by atoms with van der Waals surface area (Å²) in [6.07, 6.45) is 0.376. The molecule has 25 heavy (non-hydrogen) atoms. The summed E-state index contributed by atoms with van der Waals surface area (Å²) in [5, 5.41) is 10.3. The fourth-order valence-electron chi connectivity index (χ4n) is 2.09. The van der Waals surface area contributed by atoms with Crippen molar-refractivity contribution >= 4 is 23.7 Å². The third kappa shape index (κ3) is 5.15. The molecule has 0 spiro atoms. The second-order valence-corrected chi connectivity index (χ2v) is 6.50. The van der Waals surface area contributed by atoms with Gasteiger partial charge in [-0.05, 0) is 36.8 Å². The molecule has 0 aliphatic carbocycles. The molecule has 1 aromatic heterocycles. The van der Waals surface area contributed by atoms with Crippen LogP contribution in [0, 0.1) is 12.7 Å². The number of anilines is 1. The number of carbonyl (C=O) groups is 1. The molecule has 0 saturated heterocycles. The second-order valence-electron chi connectivity index (χ2n) is 5.45. The molecule has 1 heterocycles. The molecule has 0 radical (unpaired) electrons. The lowest BCUT2D eigenvalue weighted by Gasteiger charge is -2.02. The van der Waals surface area contributed by atoms with Crippen molar-refractivity contribution in [2.45, 2.75) is 18.2 Å². The molecule has 0 aliphatic rings. The number of hydrogen-bond acceptors (Lipinski definition) is 5. The Hall–Kier alpha value is -2.67. The largest absolute Gasteiger partial charge is 0.407 e. The Labute approximate surface area is 148 Å². The summed E-state index contributed by atoms with van der Waals surface area (Å²) >= 11 is 1.43. The molecule has 2 aromatic carbocycles. The van der Waals surface area contributed by atoms with Gasteiger partial charge in [0.25, 0.3) is 0 Å². The van der Waals surface area contributed by atoms with E-state index in [0.717, 1.165) is 10.5 Å². The summed E-state index contributed by atoms with van der Waals surface area (Å²) in [4.78, 5) is 13.0. The number of benzene rings is 2. The van der Waals surface area contributed by atoms with Crippen LogP contribution in [0.15, 0.2) is 57.8 Å². The molecule has 128 valence electrons. The number of thioether (sulfide) groups is 1. The molecule has 0 bridgehead atoms. The Morgan fingerprint density at radius 3 is 2.56 bits per heavy atom. The standard InChI is InChI=1S/C18H16FN3O2S/c1-12-2-8-15(9-3-12)25-11-16(23)20-18-22-21-17(24-18)10-13-4-6-14(19)7-5-13/h2-9H,10-11H2,1H3,(H,20,22,23). The van der Waals surface area contributed by atoms with Gasteiger partial charge in [0.1, 0.15) is 5.82 Å². The third-order valence-corrected chi connectivity index (χ3v) is 4.38. The normalized spacial score (nSPS) is 10.6. The number of nitrogens with one attached hydrogen (secondary N) is 1. The fraction of sp³-hybridized carbons (Fsp3) is 0.167. The smallest absolute Gasteiger partial charge is 0.322 e. The van der Waals surface area contributed by atoms with Crippen molar-refractivity contribution in [2.75, 3.05) is 11.1 Å². The Morgan fingerprint density at radius 1 is 1.12 bits per heavy atom. The molecule has 1 amide bonds. The molecule has 0 atom stereocenters. The van der Waals surface area contributed by atoms with Crippen molar-refractivity contribution in [3.8, 4) is 0 Å². The van der Waals surface area contributed by atoms with Gasteiger partial charge in [0.2, 0.25) is 11.8 Å². The number of carbonyl (C=O) groups excluding carboxylic acids is 1. The molecule has 3 rings (SSSR count). The van der Waals surface area contributed by atoms with Gasteiger partial charge >= 0.3 is 6.01 Å². The van der Waals surface area contributed by atoms with Crippen LogP contribution in [0.25, 0.3) is 0 Å². The maximum atomic E-state index is 12.9. The van der Waals surface area contributed by atoms with E-state index in [1.807, 2.05) is 31.2 Å². The Bertz CT molecular complexity index is 848. The third-order valence-electron chi connectivity index (χ3n) is 3.37. The Balaban J connectivity index is 1.51. The minimum atomic E-state index is -0.298. The van der Waals surface area contributed by atoms with Crippen LogP contribution in [0.3, 0.4) is 0 Å². The molecular weight excluding hydrogens is 341 g/mol. The van der Waals surface area contributed by atoms with Crippen LogP contribution in [0.4, 0.5) is 10.4 Å². The highest BCUT2D eigenvalue weighted by Crippen LogP contribution is 2.19. The molecule has 0 unspecified atom stereocenters. The first-order valence-electron chi connectivity index (χ1n) is 7.64. The highest BCUT2D eigenvalue weighted by molar-refractivity contribution is 8.00. The van der Waals surface area contributed by atoms with Gasteiger partial charge in [-0.25, -0.2) is 4.39 Å². The monoisotopic (exact) mass is 357 g/mol. The number of rotatable bonds is 6. The predicted octanol–water partition coefficient (Wildman–Crippen LogP) is 3.84. The number of halogens is 1. The summed E-state index contributed by atoms with van der Waals surface area (Å²) < 4.78 is 18.3. The number of hydrogen-bond donors (Lipinski definition) is 1. The van der Waals surface area contributed by atoms with Crippen LogP contribution in [0.2, 0.25) is 0 Å². The van der Waals surface area contributed by atoms with Crippen LogP contribution in [0.5, 0.6) is 0 Å². The lowest BCUT2D eigenvalue weighted by molar-refractivity contribution is -0.113. The minimum Gasteiger partial charge on any atom is -0.407 e. The molecule has 0 saturated carbocycles. The van der Waals surface area contributed by atoms with E-state index in [9.17, 15) is 9.18 Å². The average Bonchev–Trinajstić information content (AvgIpc) is 3.03. The summed E-state index contributed by atoms with van der Waals surface area (Å²) in [6, 6.07) is 14.0. The highest BCUT2D eigenvalue weighted by atomic mass is 32.2. The zero-order valence-corrected chi connectivity index (χ0v) is 14.3. The summed E-state index contributed by atoms with van der Waals surface area (Å²) in [5.74, 6) is 0.0857. The van der Waals surface area contributed by atoms with Gasteiger partial charge in [-0.1, -0.05) is 34.9 Å². The number of aryl methyl sites for hydroxylation is 1. The van der Waals surface area contributed by atoms with Gasteiger partial charge < -0.3 is 4.42 Å². The van der Waals surface area contributed by atoms with Crippen molar-refractivity contribution in [3.63, 3.8) is 0 Å². The number of aromatic nitrogens is 2. The van der Waals surface area contributed by atoms with Crippen LogP contribution < -0.4 is 5.32 Å². The van der Waals surface area contributed by atoms with Gasteiger partial charge in [0.05, 0.1) is 12.2 Å². The zero-order valence-electron chi connectivity index (χ0n) is 13.5. The number of amides is 1. The van der Waals surface area contributed by atoms with Gasteiger partial charge in [-0.2, -0.15) is 0 Å². The second kappa shape index (κ2) is 7.94. The summed E-state index contributed by atoms with van der Waals surface area (Å²) in [7, 11) is 0. The van der Waals surface area contributed by atoms with E-state index in [2.05, 4.69) is 15.5 Å². The van der Waals surface area contributed by atoms with E-state index in [4.69, 9.17) is 4.42 Å². The molecule has 3 aromatic rings. The van der Waals surface area contributed by atoms with Crippen molar-refractivity contribution in [3.05, 3.63) is 71.4 Å². The maximum absolute atomic E-state index is 12.9. The SMILES string of the molecule is Cc1ccc(SCC(=O)Nc2nnc(Cc3ccc(F)cc3)o2)cc1. The minimum absolute atomic E-state index is 0.0617. The van der Waals surface area contributed by atoms with E-state index in [1.54, 1.807) is 12.1 Å².